The van der Waals surface area contributed by atoms with E-state index in [1.54, 1.807) is 99.6 Å². The smallest absolute Gasteiger partial charge is 1.00 e. The van der Waals surface area contributed by atoms with E-state index < -0.39 is 53.1 Å². The number of aliphatic carboxylic acids is 1. The molecule has 0 aliphatic carbocycles. The molecule has 0 fully saturated rings. The van der Waals surface area contributed by atoms with Crippen molar-refractivity contribution in [2.45, 2.75) is 77.9 Å². The van der Waals surface area contributed by atoms with Crippen molar-refractivity contribution in [2.75, 3.05) is 38.8 Å². The predicted molar refractivity (Wildman–Crippen MR) is 328 cm³/mol. The molecule has 0 bridgehead atoms. The van der Waals surface area contributed by atoms with E-state index in [0.717, 1.165) is 0 Å². The molecule has 0 radical (unpaired) electrons. The summed E-state index contributed by atoms with van der Waals surface area (Å²) in [5.41, 5.74) is 17.8. The Bertz CT molecular complexity index is 3530. The minimum absolute atomic E-state index is 0. The van der Waals surface area contributed by atoms with Crippen LogP contribution in [-0.2, 0) is 66.3 Å². The minimum Gasteiger partial charge on any atom is -1.00 e. The number of Topliss-reactive ketones (excluding diaryl/α,β-unsaturated/α-hetero) is 1. The van der Waals surface area contributed by atoms with Gasteiger partial charge in [0.15, 0.2) is 11.4 Å². The third-order valence-electron chi connectivity index (χ3n) is 11.9. The number of carbonyl (C=O) groups excluding carboxylic acids is 7. The number of rotatable bonds is 24. The first kappa shape index (κ1) is 87.0. The molecule has 0 aliphatic rings. The van der Waals surface area contributed by atoms with E-state index in [4.69, 9.17) is 89.0 Å². The molecule has 25 nitrogen and oxygen atoms in total. The van der Waals surface area contributed by atoms with E-state index in [0.29, 0.717) is 39.4 Å². The van der Waals surface area contributed by atoms with Crippen LogP contribution in [0.5, 0.6) is 0 Å². The quantitative estimate of drug-likeness (QED) is 0.0101. The number of benzene rings is 5. The summed E-state index contributed by atoms with van der Waals surface area (Å²) in [6.45, 7) is 3.65. The number of carbonyl (C=O) groups is 8. The number of halogens is 7. The molecule has 5 aromatic carbocycles. The van der Waals surface area contributed by atoms with Crippen molar-refractivity contribution in [3.63, 3.8) is 0 Å². The van der Waals surface area contributed by atoms with Gasteiger partial charge in [-0.2, -0.15) is 10.2 Å². The van der Waals surface area contributed by atoms with Crippen LogP contribution in [-0.4, -0.2) is 150 Å². The first-order valence-electron chi connectivity index (χ1n) is 26.7. The Morgan fingerprint density at radius 3 is 1.48 bits per heavy atom. The number of alkyl halides is 1. The maximum absolute atomic E-state index is 14.0. The Kier molecular flexibility index (Phi) is 44.4. The molecule has 0 aliphatic heterocycles. The molecule has 0 saturated carbocycles. The first-order valence-corrected chi connectivity index (χ1v) is 28.3. The number of carboxylic acids is 1. The molecule has 0 saturated heterocycles. The number of hydrogen-bond donors (Lipinski definition) is 10. The monoisotopic (exact) mass is 1420 g/mol. The molecule has 2 aromatic heterocycles. The van der Waals surface area contributed by atoms with Crippen LogP contribution in [0.15, 0.2) is 103 Å². The molecule has 2 heterocycles. The second-order valence-electron chi connectivity index (χ2n) is 18.9. The van der Waals surface area contributed by atoms with Gasteiger partial charge >= 0.3 is 109 Å². The van der Waals surface area contributed by atoms with Crippen molar-refractivity contribution in [3.8, 4) is 0 Å². The van der Waals surface area contributed by atoms with Gasteiger partial charge in [-0.15, -0.1) is 11.6 Å². The number of aromatic nitrogens is 4. The number of aliphatic hydroxyl groups is 3. The Hall–Kier alpha value is -5.02. The van der Waals surface area contributed by atoms with Gasteiger partial charge in [0.2, 0.25) is 17.7 Å². The predicted octanol–water partition coefficient (Wildman–Crippen LogP) is -2.16. The molecule has 7 aromatic rings. The molecule has 3 atom stereocenters. The summed E-state index contributed by atoms with van der Waals surface area (Å²) in [5, 5.41) is 60.6. The molecular formula is C58H68Cl4F3K2N11O14. The molecule has 13 N–H and O–H groups in total. The number of amides is 5. The van der Waals surface area contributed by atoms with Gasteiger partial charge in [0.25, 0.3) is 18.3 Å². The summed E-state index contributed by atoms with van der Waals surface area (Å²) in [4.78, 5) is 93.7. The SMILES string of the molecule is CC(CO)N(CC(=O)NCc1cccc(Cl)c1F)C(=O)Cn1nc(C(N)=O)c2ccccc21.C[C@@H](CO)NCC(=O)NCc1cccc(Cl)c1F.C[C@H](N)CO.NC(=O)c1nn(CC(=O)O)c2ccccc12.O=C(CCl)CCc1cccc(Cl)c1F.O=CO[O-].[H-].[K+].[K+]. The van der Waals surface area contributed by atoms with Crippen molar-refractivity contribution in [3.05, 3.63) is 164 Å². The standard InChI is InChI=1S/C22H23ClFN5O4.C12H16ClFN2O2.C10H9Cl2FO.C10H9N3O3.C3H9NO.CH2O3.2K.H/c1-13(12-30)28(10-18(31)26-9-14-5-4-7-16(23)20(14)24)19(32)11-29-17-8-3-2-6-15(17)21(27-29)22(25)33;1-8(7-17)15-6-11(18)16-5-9-3-2-4-10(13)12(9)14;11-6-8(14)5-4-7-2-1-3-9(12)10(7)13;11-10(16)9-6-3-1-2-4-7(6)13(12-9)5-8(14)15;1-3(4)2-5;2-1-4-3;;;/h2-8,13,30H,9-12H2,1H3,(H2,25,33)(H,26,31);2-4,8,15,17H,5-7H2,1H3,(H,16,18);1-3H,4-6H2;1-4H,5H2,(H2,11,16)(H,14,15);3,5H,2,4H2,1H3;1,3H;;;/q;;;;;;2*+1;-1/p-1/t;8-;;;3-;;;;/m.0..0..../s1. The van der Waals surface area contributed by atoms with E-state index in [1.807, 2.05) is 0 Å². The van der Waals surface area contributed by atoms with E-state index in [2.05, 4.69) is 31.0 Å². The number of aliphatic hydroxyl groups excluding tert-OH is 3. The van der Waals surface area contributed by atoms with Gasteiger partial charge in [0.1, 0.15) is 36.3 Å². The summed E-state index contributed by atoms with van der Waals surface area (Å²) in [6.07, 6.45) is 0.596. The number of fused-ring (bicyclic) bond motifs is 2. The maximum Gasteiger partial charge on any atom is 1.00 e. The number of nitrogens with two attached hydrogens (primary N) is 3. The molecule has 5 amide bonds. The summed E-state index contributed by atoms with van der Waals surface area (Å²) in [5.74, 6) is -5.46. The molecule has 34 heteroatoms. The van der Waals surface area contributed by atoms with Crippen LogP contribution in [0.2, 0.25) is 15.1 Å². The van der Waals surface area contributed by atoms with Crippen LogP contribution in [0.25, 0.3) is 21.8 Å². The fourth-order valence-electron chi connectivity index (χ4n) is 7.24. The summed E-state index contributed by atoms with van der Waals surface area (Å²) in [7, 11) is 0. The number of carboxylic acid groups (broad SMARTS) is 1. The van der Waals surface area contributed by atoms with Gasteiger partial charge in [-0.1, -0.05) is 108 Å². The molecular weight excluding hydrogens is 1350 g/mol. The average molecular weight is 1420 g/mol. The number of para-hydroxylation sites is 2. The summed E-state index contributed by atoms with van der Waals surface area (Å²) >= 11 is 22.3. The second kappa shape index (κ2) is 47.0. The Morgan fingerprint density at radius 2 is 1.09 bits per heavy atom. The van der Waals surface area contributed by atoms with E-state index in [1.165, 1.54) is 38.5 Å². The zero-order valence-corrected chi connectivity index (χ0v) is 59.9. The normalized spacial score (nSPS) is 11.1. The third-order valence-corrected chi connectivity index (χ3v) is 13.0. The number of primary amides is 2. The molecule has 7 rings (SSSR count). The molecule has 0 spiro atoms. The molecule has 490 valence electrons. The number of ketones is 1. The van der Waals surface area contributed by atoms with Crippen molar-refractivity contribution < 1.29 is 186 Å². The van der Waals surface area contributed by atoms with Crippen LogP contribution < -0.4 is 141 Å². The van der Waals surface area contributed by atoms with Crippen LogP contribution in [0, 0.1) is 17.5 Å². The van der Waals surface area contributed by atoms with Crippen molar-refractivity contribution in [1.29, 1.82) is 0 Å². The minimum atomic E-state index is -1.02. The zero-order chi connectivity index (χ0) is 67.6. The largest absolute Gasteiger partial charge is 1.00 e. The van der Waals surface area contributed by atoms with Gasteiger partial charge in [-0.3, -0.25) is 47.7 Å². The van der Waals surface area contributed by atoms with E-state index in [-0.39, 0.29) is 238 Å². The van der Waals surface area contributed by atoms with Gasteiger partial charge in [0.05, 0.1) is 70.9 Å². The Morgan fingerprint density at radius 1 is 0.674 bits per heavy atom. The number of nitrogens with zero attached hydrogens (tertiary/aromatic N) is 5. The number of nitrogens with one attached hydrogen (secondary N) is 3. The Balaban J connectivity index is 0. The van der Waals surface area contributed by atoms with E-state index in [9.17, 15) is 51.8 Å². The van der Waals surface area contributed by atoms with Crippen LogP contribution in [0.3, 0.4) is 0 Å². The van der Waals surface area contributed by atoms with Crippen molar-refractivity contribution in [1.82, 2.24) is 40.4 Å². The topological polar surface area (TPSA) is 403 Å². The van der Waals surface area contributed by atoms with E-state index >= 15 is 0 Å². The van der Waals surface area contributed by atoms with Crippen LogP contribution >= 0.6 is 46.4 Å². The first-order chi connectivity index (χ1) is 42.7. The number of hydrogen-bond acceptors (Lipinski definition) is 17. The average Bonchev–Trinajstić information content (AvgIpc) is 1.67. The third kappa shape index (κ3) is 30.6. The molecule has 1 unspecified atom stereocenters. The van der Waals surface area contributed by atoms with Gasteiger partial charge in [-0.05, 0) is 63.1 Å². The van der Waals surface area contributed by atoms with Gasteiger partial charge in [-0.25, -0.2) is 13.2 Å². The van der Waals surface area contributed by atoms with Crippen molar-refractivity contribution in [2.24, 2.45) is 17.2 Å². The van der Waals surface area contributed by atoms with Gasteiger partial charge in [0, 0.05) is 53.5 Å². The second-order valence-corrected chi connectivity index (χ2v) is 20.4. The summed E-state index contributed by atoms with van der Waals surface area (Å²) in [6, 6.07) is 26.6. The van der Waals surface area contributed by atoms with Crippen molar-refractivity contribution >= 4 is 116 Å². The van der Waals surface area contributed by atoms with Crippen LogP contribution in [0.4, 0.5) is 13.2 Å². The fraction of sp³-hybridized carbons (Fsp3) is 0.310. The fourth-order valence-corrected chi connectivity index (χ4v) is 7.96. The maximum atomic E-state index is 14.0. The number of aryl methyl sites for hydroxylation is 1. The summed E-state index contributed by atoms with van der Waals surface area (Å²) < 4.78 is 43.4. The Labute approximate surface area is 633 Å². The van der Waals surface area contributed by atoms with Crippen LogP contribution in [0.1, 0.15) is 66.3 Å². The van der Waals surface area contributed by atoms with Gasteiger partial charge < -0.3 is 70.0 Å². The molecule has 92 heavy (non-hydrogen) atoms. The zero-order valence-electron chi connectivity index (χ0n) is 51.6.